The third-order valence-electron chi connectivity index (χ3n) is 1.73. The van der Waals surface area contributed by atoms with Crippen LogP contribution < -0.4 is 5.32 Å². The van der Waals surface area contributed by atoms with Crippen LogP contribution in [0.15, 0.2) is 0 Å². The molecular weight excluding hydrogens is 128 g/mol. The van der Waals surface area contributed by atoms with Gasteiger partial charge in [0.15, 0.2) is 0 Å². The molecule has 10 heavy (non-hydrogen) atoms. The summed E-state index contributed by atoms with van der Waals surface area (Å²) in [6.45, 7) is 5.31. The van der Waals surface area contributed by atoms with E-state index >= 15 is 0 Å². The summed E-state index contributed by atoms with van der Waals surface area (Å²) in [6, 6.07) is 0. The minimum atomic E-state index is 0.244. The molecule has 0 unspecified atom stereocenters. The van der Waals surface area contributed by atoms with Gasteiger partial charge in [-0.2, -0.15) is 0 Å². The van der Waals surface area contributed by atoms with Crippen molar-refractivity contribution in [3.8, 4) is 0 Å². The van der Waals surface area contributed by atoms with E-state index in [2.05, 4.69) is 5.32 Å². The standard InChI is InChI=1S/C7H14N2O/c1-2-8-6-7(10)9-4-3-5-9/h8H,2-6H2,1H3. The van der Waals surface area contributed by atoms with Crippen LogP contribution in [0.3, 0.4) is 0 Å². The predicted octanol–water partition coefficient (Wildman–Crippen LogP) is -0.172. The molecule has 3 nitrogen and oxygen atoms in total. The minimum absolute atomic E-state index is 0.244. The molecule has 58 valence electrons. The Hall–Kier alpha value is -0.570. The minimum Gasteiger partial charge on any atom is -0.341 e. The molecule has 1 N–H and O–H groups in total. The third kappa shape index (κ3) is 1.70. The van der Waals surface area contributed by atoms with Gasteiger partial charge in [0, 0.05) is 13.1 Å². The Morgan fingerprint density at radius 1 is 1.60 bits per heavy atom. The molecule has 0 radical (unpaired) electrons. The highest BCUT2D eigenvalue weighted by atomic mass is 16.2. The fraction of sp³-hybridized carbons (Fsp3) is 0.857. The van der Waals surface area contributed by atoms with E-state index in [0.717, 1.165) is 19.6 Å². The van der Waals surface area contributed by atoms with Crippen molar-refractivity contribution in [2.24, 2.45) is 0 Å². The first-order valence-electron chi connectivity index (χ1n) is 3.83. The van der Waals surface area contributed by atoms with Crippen LogP contribution in [0.1, 0.15) is 13.3 Å². The number of hydrogen-bond donors (Lipinski definition) is 1. The summed E-state index contributed by atoms with van der Waals surface area (Å²) in [5.41, 5.74) is 0. The number of amides is 1. The molecule has 1 amide bonds. The van der Waals surface area contributed by atoms with Gasteiger partial charge in [-0.05, 0) is 13.0 Å². The van der Waals surface area contributed by atoms with Gasteiger partial charge in [-0.3, -0.25) is 4.79 Å². The van der Waals surface area contributed by atoms with E-state index in [4.69, 9.17) is 0 Å². The highest BCUT2D eigenvalue weighted by Gasteiger charge is 2.18. The average molecular weight is 142 g/mol. The van der Waals surface area contributed by atoms with E-state index < -0.39 is 0 Å². The Morgan fingerprint density at radius 3 is 2.70 bits per heavy atom. The highest BCUT2D eigenvalue weighted by Crippen LogP contribution is 2.04. The molecule has 1 saturated heterocycles. The van der Waals surface area contributed by atoms with Gasteiger partial charge in [-0.25, -0.2) is 0 Å². The first-order valence-corrected chi connectivity index (χ1v) is 3.83. The van der Waals surface area contributed by atoms with Crippen molar-refractivity contribution in [1.29, 1.82) is 0 Å². The molecule has 1 aliphatic heterocycles. The van der Waals surface area contributed by atoms with Crippen LogP contribution in [-0.2, 0) is 4.79 Å². The van der Waals surface area contributed by atoms with E-state index in [1.54, 1.807) is 0 Å². The van der Waals surface area contributed by atoms with Gasteiger partial charge in [0.2, 0.25) is 5.91 Å². The second kappa shape index (κ2) is 3.56. The van der Waals surface area contributed by atoms with Crippen LogP contribution in [0.25, 0.3) is 0 Å². The fourth-order valence-corrected chi connectivity index (χ4v) is 0.909. The molecule has 0 aromatic rings. The number of rotatable bonds is 3. The Balaban J connectivity index is 2.08. The van der Waals surface area contributed by atoms with Crippen molar-refractivity contribution in [3.05, 3.63) is 0 Å². The number of carbonyl (C=O) groups is 1. The fourth-order valence-electron chi connectivity index (χ4n) is 0.909. The molecule has 0 atom stereocenters. The summed E-state index contributed by atoms with van der Waals surface area (Å²) in [5.74, 6) is 0.244. The van der Waals surface area contributed by atoms with Gasteiger partial charge < -0.3 is 10.2 Å². The van der Waals surface area contributed by atoms with Gasteiger partial charge in [-0.1, -0.05) is 6.92 Å². The molecule has 0 saturated carbocycles. The zero-order valence-electron chi connectivity index (χ0n) is 6.39. The number of likely N-dealkylation sites (N-methyl/N-ethyl adjacent to an activating group) is 1. The third-order valence-corrected chi connectivity index (χ3v) is 1.73. The lowest BCUT2D eigenvalue weighted by Crippen LogP contribution is -2.46. The molecule has 0 spiro atoms. The van der Waals surface area contributed by atoms with Gasteiger partial charge in [-0.15, -0.1) is 0 Å². The van der Waals surface area contributed by atoms with Crippen LogP contribution in [0, 0.1) is 0 Å². The molecule has 3 heteroatoms. The lowest BCUT2D eigenvalue weighted by Gasteiger charge is -2.30. The van der Waals surface area contributed by atoms with Crippen LogP contribution in [0.5, 0.6) is 0 Å². The highest BCUT2D eigenvalue weighted by molar-refractivity contribution is 5.78. The Kier molecular flexibility index (Phi) is 2.68. The van der Waals surface area contributed by atoms with Crippen molar-refractivity contribution in [3.63, 3.8) is 0 Å². The second-order valence-electron chi connectivity index (χ2n) is 2.51. The normalized spacial score (nSPS) is 16.7. The van der Waals surface area contributed by atoms with Crippen LogP contribution in [0.4, 0.5) is 0 Å². The topological polar surface area (TPSA) is 32.3 Å². The smallest absolute Gasteiger partial charge is 0.236 e. The lowest BCUT2D eigenvalue weighted by molar-refractivity contribution is -0.133. The monoisotopic (exact) mass is 142 g/mol. The summed E-state index contributed by atoms with van der Waals surface area (Å²) in [6.07, 6.45) is 1.18. The zero-order chi connectivity index (χ0) is 7.40. The zero-order valence-corrected chi connectivity index (χ0v) is 6.39. The molecule has 1 heterocycles. The molecule has 0 bridgehead atoms. The van der Waals surface area contributed by atoms with Crippen LogP contribution >= 0.6 is 0 Å². The van der Waals surface area contributed by atoms with Crippen LogP contribution in [0.2, 0.25) is 0 Å². The first kappa shape index (κ1) is 7.54. The van der Waals surface area contributed by atoms with Gasteiger partial charge in [0.25, 0.3) is 0 Å². The van der Waals surface area contributed by atoms with Crippen molar-refractivity contribution < 1.29 is 4.79 Å². The van der Waals surface area contributed by atoms with Crippen molar-refractivity contribution in [2.75, 3.05) is 26.2 Å². The summed E-state index contributed by atoms with van der Waals surface area (Å²) >= 11 is 0. The maximum absolute atomic E-state index is 11.0. The Labute approximate surface area is 61.4 Å². The average Bonchev–Trinajstić information content (AvgIpc) is 1.79. The summed E-state index contributed by atoms with van der Waals surface area (Å²) in [7, 11) is 0. The second-order valence-corrected chi connectivity index (χ2v) is 2.51. The van der Waals surface area contributed by atoms with Crippen molar-refractivity contribution in [1.82, 2.24) is 10.2 Å². The van der Waals surface area contributed by atoms with E-state index in [0.29, 0.717) is 6.54 Å². The van der Waals surface area contributed by atoms with Gasteiger partial charge >= 0.3 is 0 Å². The van der Waals surface area contributed by atoms with Crippen molar-refractivity contribution in [2.45, 2.75) is 13.3 Å². The molecule has 0 aromatic heterocycles. The van der Waals surface area contributed by atoms with Gasteiger partial charge in [0.05, 0.1) is 6.54 Å². The Bertz CT molecular complexity index is 121. The molecule has 1 aliphatic rings. The maximum Gasteiger partial charge on any atom is 0.236 e. The molecule has 1 fully saturated rings. The molecular formula is C7H14N2O. The number of hydrogen-bond acceptors (Lipinski definition) is 2. The summed E-state index contributed by atoms with van der Waals surface area (Å²) < 4.78 is 0. The number of carbonyl (C=O) groups excluding carboxylic acids is 1. The Morgan fingerprint density at radius 2 is 2.30 bits per heavy atom. The predicted molar refractivity (Wildman–Crippen MR) is 39.7 cm³/mol. The van der Waals surface area contributed by atoms with Crippen LogP contribution in [-0.4, -0.2) is 37.0 Å². The number of nitrogens with zero attached hydrogens (tertiary/aromatic N) is 1. The molecule has 1 rings (SSSR count). The van der Waals surface area contributed by atoms with E-state index in [9.17, 15) is 4.79 Å². The largest absolute Gasteiger partial charge is 0.341 e. The lowest BCUT2D eigenvalue weighted by atomic mass is 10.2. The van der Waals surface area contributed by atoms with Gasteiger partial charge in [0.1, 0.15) is 0 Å². The molecule has 0 aliphatic carbocycles. The number of likely N-dealkylation sites (tertiary alicyclic amines) is 1. The summed E-state index contributed by atoms with van der Waals surface area (Å²) in [5, 5.41) is 3.01. The first-order chi connectivity index (χ1) is 4.84. The number of nitrogens with one attached hydrogen (secondary N) is 1. The van der Waals surface area contributed by atoms with E-state index in [1.807, 2.05) is 11.8 Å². The van der Waals surface area contributed by atoms with E-state index in [-0.39, 0.29) is 5.91 Å². The quantitative estimate of drug-likeness (QED) is 0.593. The maximum atomic E-state index is 11.0. The SMILES string of the molecule is CCNCC(=O)N1CCC1. The molecule has 0 aromatic carbocycles. The van der Waals surface area contributed by atoms with Crippen molar-refractivity contribution >= 4 is 5.91 Å². The summed E-state index contributed by atoms with van der Waals surface area (Å²) in [4.78, 5) is 12.9. The van der Waals surface area contributed by atoms with E-state index in [1.165, 1.54) is 6.42 Å².